The van der Waals surface area contributed by atoms with Gasteiger partial charge in [0.15, 0.2) is 0 Å². The number of hydrogen-bond donors (Lipinski definition) is 0. The molecule has 1 amide bonds. The highest BCUT2D eigenvalue weighted by Crippen LogP contribution is 2.07. The minimum absolute atomic E-state index is 0.502. The predicted octanol–water partition coefficient (Wildman–Crippen LogP) is 3.26. The molecule has 0 unspecified atom stereocenters. The summed E-state index contributed by atoms with van der Waals surface area (Å²) in [7, 11) is 0. The van der Waals surface area contributed by atoms with Gasteiger partial charge in [0.05, 0.1) is 10.8 Å². The second kappa shape index (κ2) is 8.59. The molecular weight excluding hydrogens is 212 g/mol. The van der Waals surface area contributed by atoms with Gasteiger partial charge in [-0.25, -0.2) is 0 Å². The summed E-state index contributed by atoms with van der Waals surface area (Å²) in [6.45, 7) is 1.19. The van der Waals surface area contributed by atoms with Crippen molar-refractivity contribution < 1.29 is 4.79 Å². The summed E-state index contributed by atoms with van der Waals surface area (Å²) in [6, 6.07) is 9.50. The van der Waals surface area contributed by atoms with Crippen LogP contribution in [0.25, 0.3) is 10.4 Å². The van der Waals surface area contributed by atoms with E-state index in [4.69, 9.17) is 5.53 Å². The molecule has 0 saturated heterocycles. The average molecular weight is 220 g/mol. The Labute approximate surface area is 92.1 Å². The zero-order chi connectivity index (χ0) is 11.5. The lowest BCUT2D eigenvalue weighted by Crippen LogP contribution is -1.74. The molecule has 0 fully saturated rings. The van der Waals surface area contributed by atoms with Gasteiger partial charge in [-0.05, 0) is 35.0 Å². The van der Waals surface area contributed by atoms with Crippen molar-refractivity contribution in [2.45, 2.75) is 6.92 Å². The molecule has 1 rings (SSSR count). The molecule has 0 bridgehead atoms. The van der Waals surface area contributed by atoms with Crippen molar-refractivity contribution in [3.05, 3.63) is 40.8 Å². The Bertz CT molecular complexity index is 405. The van der Waals surface area contributed by atoms with Gasteiger partial charge in [0.1, 0.15) is 0 Å². The van der Waals surface area contributed by atoms with Gasteiger partial charge in [-0.2, -0.15) is 4.99 Å². The average Bonchev–Trinajstić information content (AvgIpc) is 2.20. The molecule has 0 heterocycles. The highest BCUT2D eigenvalue weighted by molar-refractivity contribution is 7.78. The summed E-state index contributed by atoms with van der Waals surface area (Å²) in [5, 5.41) is 4.96. The van der Waals surface area contributed by atoms with Crippen molar-refractivity contribution in [3.63, 3.8) is 0 Å². The first-order valence-corrected chi connectivity index (χ1v) is 4.30. The van der Waals surface area contributed by atoms with Crippen LogP contribution in [0.3, 0.4) is 0 Å². The van der Waals surface area contributed by atoms with Gasteiger partial charge in [-0.1, -0.05) is 18.2 Å². The van der Waals surface area contributed by atoms with Gasteiger partial charge in [0, 0.05) is 11.8 Å². The first-order valence-electron chi connectivity index (χ1n) is 3.89. The molecule has 0 radical (unpaired) electrons. The first-order chi connectivity index (χ1) is 7.20. The molecule has 5 nitrogen and oxygen atoms in total. The fourth-order valence-corrected chi connectivity index (χ4v) is 0.724. The lowest BCUT2D eigenvalue weighted by atomic mass is 10.3. The van der Waals surface area contributed by atoms with Gasteiger partial charge in [-0.3, -0.25) is 4.79 Å². The van der Waals surface area contributed by atoms with Crippen molar-refractivity contribution in [1.82, 2.24) is 0 Å². The molecule has 6 heteroatoms. The summed E-state index contributed by atoms with van der Waals surface area (Å²) < 4.78 is 0. The van der Waals surface area contributed by atoms with Crippen LogP contribution >= 0.6 is 12.2 Å². The van der Waals surface area contributed by atoms with E-state index in [0.717, 1.165) is 5.69 Å². The van der Waals surface area contributed by atoms with Gasteiger partial charge < -0.3 is 0 Å². The third-order valence-electron chi connectivity index (χ3n) is 1.12. The van der Waals surface area contributed by atoms with Crippen LogP contribution in [-0.2, 0) is 4.79 Å². The topological polar surface area (TPSA) is 78.2 Å². The van der Waals surface area contributed by atoms with E-state index in [9.17, 15) is 4.79 Å². The van der Waals surface area contributed by atoms with Crippen molar-refractivity contribution >= 4 is 29.0 Å². The number of aliphatic imine (C=N–C) groups is 1. The molecule has 1 aromatic rings. The Hall–Kier alpha value is -2.00. The zero-order valence-corrected chi connectivity index (χ0v) is 8.81. The summed E-state index contributed by atoms with van der Waals surface area (Å²) in [5.41, 5.74) is 8.33. The van der Waals surface area contributed by atoms with E-state index >= 15 is 0 Å². The summed E-state index contributed by atoms with van der Waals surface area (Å²) in [4.78, 5) is 15.6. The van der Waals surface area contributed by atoms with Crippen LogP contribution in [0.2, 0.25) is 0 Å². The largest absolute Gasteiger partial charge is 0.293 e. The van der Waals surface area contributed by atoms with Crippen LogP contribution < -0.4 is 0 Å². The number of benzene rings is 1. The monoisotopic (exact) mass is 220 g/mol. The quantitative estimate of drug-likeness (QED) is 0.239. The van der Waals surface area contributed by atoms with E-state index in [1.807, 2.05) is 30.3 Å². The Kier molecular flexibility index (Phi) is 7.45. The first kappa shape index (κ1) is 13.0. The minimum atomic E-state index is -0.502. The SMILES string of the molecule is CC(=O)N=[N+]=[N-].S=C=Nc1ccccc1. The normalized spacial score (nSPS) is 7.27. The van der Waals surface area contributed by atoms with E-state index in [2.05, 4.69) is 32.4 Å². The van der Waals surface area contributed by atoms with Gasteiger partial charge in [0.2, 0.25) is 5.91 Å². The molecule has 15 heavy (non-hydrogen) atoms. The number of isothiocyanates is 1. The molecule has 0 aromatic heterocycles. The van der Waals surface area contributed by atoms with Crippen molar-refractivity contribution in [3.8, 4) is 0 Å². The Morgan fingerprint density at radius 2 is 2.07 bits per heavy atom. The maximum atomic E-state index is 9.62. The molecule has 0 atom stereocenters. The van der Waals surface area contributed by atoms with Gasteiger partial charge >= 0.3 is 0 Å². The number of thiocarbonyl (C=S) groups is 1. The van der Waals surface area contributed by atoms with Crippen molar-refractivity contribution in [2.75, 3.05) is 0 Å². The van der Waals surface area contributed by atoms with Crippen molar-refractivity contribution in [1.29, 1.82) is 0 Å². The van der Waals surface area contributed by atoms with E-state index in [1.165, 1.54) is 6.92 Å². The number of hydrogen-bond acceptors (Lipinski definition) is 3. The lowest BCUT2D eigenvalue weighted by molar-refractivity contribution is -0.115. The molecule has 0 N–H and O–H groups in total. The van der Waals surface area contributed by atoms with Crippen LogP contribution in [0.5, 0.6) is 0 Å². The molecule has 0 aliphatic carbocycles. The van der Waals surface area contributed by atoms with Crippen LogP contribution in [0.4, 0.5) is 5.69 Å². The number of nitrogens with zero attached hydrogens (tertiary/aromatic N) is 4. The van der Waals surface area contributed by atoms with Gasteiger partial charge in [-0.15, -0.1) is 0 Å². The highest BCUT2D eigenvalue weighted by atomic mass is 32.1. The van der Waals surface area contributed by atoms with Crippen molar-refractivity contribution in [2.24, 2.45) is 10.1 Å². The standard InChI is InChI=1S/C7H5NS.C2H3N3O/c9-6-8-7-4-2-1-3-5-7;1-2(6)4-5-3/h1-5H;1H3. The van der Waals surface area contributed by atoms with Crippen LogP contribution in [0.1, 0.15) is 6.92 Å². The fourth-order valence-electron chi connectivity index (χ4n) is 0.618. The van der Waals surface area contributed by atoms with E-state index in [1.54, 1.807) is 0 Å². The second-order valence-electron chi connectivity index (χ2n) is 2.25. The van der Waals surface area contributed by atoms with E-state index in [0.29, 0.717) is 0 Å². The maximum Gasteiger partial charge on any atom is 0.215 e. The zero-order valence-electron chi connectivity index (χ0n) is 7.99. The van der Waals surface area contributed by atoms with Gasteiger partial charge in [0.25, 0.3) is 0 Å². The molecule has 0 saturated carbocycles. The molecule has 0 aliphatic heterocycles. The smallest absolute Gasteiger partial charge is 0.215 e. The minimum Gasteiger partial charge on any atom is -0.293 e. The number of carbonyl (C=O) groups excluding carboxylic acids is 1. The Morgan fingerprint density at radius 1 is 1.47 bits per heavy atom. The summed E-state index contributed by atoms with van der Waals surface area (Å²) >= 11 is 4.42. The van der Waals surface area contributed by atoms with Crippen LogP contribution in [0.15, 0.2) is 40.4 Å². The van der Waals surface area contributed by atoms with Crippen LogP contribution in [-0.4, -0.2) is 11.1 Å². The number of azide groups is 1. The Morgan fingerprint density at radius 3 is 2.40 bits per heavy atom. The molecule has 1 aromatic carbocycles. The number of amides is 1. The molecule has 76 valence electrons. The summed E-state index contributed by atoms with van der Waals surface area (Å²) in [6.07, 6.45) is 0. The summed E-state index contributed by atoms with van der Waals surface area (Å²) in [5.74, 6) is -0.502. The third-order valence-corrected chi connectivity index (χ3v) is 1.21. The number of para-hydroxylation sites is 1. The molecule has 0 spiro atoms. The maximum absolute atomic E-state index is 9.62. The second-order valence-corrected chi connectivity index (χ2v) is 2.43. The van der Waals surface area contributed by atoms with E-state index in [-0.39, 0.29) is 0 Å². The predicted molar refractivity (Wildman–Crippen MR) is 61.0 cm³/mol. The molecule has 0 aliphatic rings. The number of carbonyl (C=O) groups is 1. The highest BCUT2D eigenvalue weighted by Gasteiger charge is 1.79. The third kappa shape index (κ3) is 8.33. The number of rotatable bonds is 1. The van der Waals surface area contributed by atoms with Crippen LogP contribution in [0, 0.1) is 0 Å². The fraction of sp³-hybridized carbons (Fsp3) is 0.111. The molecular formula is C9H8N4OS. The lowest BCUT2D eigenvalue weighted by Gasteiger charge is -1.83. The Balaban J connectivity index is 0.000000288. The van der Waals surface area contributed by atoms with E-state index < -0.39 is 5.91 Å².